The van der Waals surface area contributed by atoms with Crippen LogP contribution in [0.3, 0.4) is 0 Å². The zero-order valence-electron chi connectivity index (χ0n) is 10.5. The highest BCUT2D eigenvalue weighted by molar-refractivity contribution is 5.68. The Morgan fingerprint density at radius 3 is 2.63 bits per heavy atom. The highest BCUT2D eigenvalue weighted by Gasteiger charge is 2.13. The zero-order valence-corrected chi connectivity index (χ0v) is 10.5. The number of aromatic nitrogens is 1. The van der Waals surface area contributed by atoms with E-state index in [1.54, 1.807) is 6.20 Å². The fourth-order valence-corrected chi connectivity index (χ4v) is 2.48. The van der Waals surface area contributed by atoms with Crippen molar-refractivity contribution in [3.63, 3.8) is 0 Å². The monoisotopic (exact) mass is 258 g/mol. The third kappa shape index (κ3) is 2.38. The number of hydrogen-bond donors (Lipinski definition) is 1. The van der Waals surface area contributed by atoms with E-state index in [-0.39, 0.29) is 0 Å². The average Bonchev–Trinajstić information content (AvgIpc) is 2.96. The molecule has 3 nitrogen and oxygen atoms in total. The van der Waals surface area contributed by atoms with E-state index in [1.807, 2.05) is 18.2 Å². The Labute approximate surface area is 110 Å². The number of benzene rings is 1. The van der Waals surface area contributed by atoms with Crippen LogP contribution in [0.1, 0.15) is 12.8 Å². The van der Waals surface area contributed by atoms with Crippen molar-refractivity contribution in [1.82, 2.24) is 4.98 Å². The molecule has 0 bridgehead atoms. The summed E-state index contributed by atoms with van der Waals surface area (Å²) in [4.78, 5) is 15.8. The molecule has 0 saturated carbocycles. The van der Waals surface area contributed by atoms with Crippen LogP contribution in [0.2, 0.25) is 0 Å². The number of hydrogen-bond acceptors (Lipinski definition) is 2. The van der Waals surface area contributed by atoms with Crippen molar-refractivity contribution < 1.29 is 4.39 Å². The van der Waals surface area contributed by atoms with E-state index in [0.29, 0.717) is 5.56 Å². The largest absolute Gasteiger partial charge is 0.372 e. The van der Waals surface area contributed by atoms with E-state index in [2.05, 4.69) is 16.0 Å². The molecule has 2 aromatic rings. The lowest BCUT2D eigenvalue weighted by Gasteiger charge is -2.18. The summed E-state index contributed by atoms with van der Waals surface area (Å²) >= 11 is 0. The van der Waals surface area contributed by atoms with Crippen LogP contribution < -0.4 is 10.5 Å². The van der Waals surface area contributed by atoms with Gasteiger partial charge in [-0.1, -0.05) is 12.1 Å². The van der Waals surface area contributed by atoms with Crippen molar-refractivity contribution in [2.75, 3.05) is 18.0 Å². The zero-order chi connectivity index (χ0) is 13.2. The molecule has 0 aliphatic carbocycles. The molecule has 0 spiro atoms. The average molecular weight is 258 g/mol. The van der Waals surface area contributed by atoms with Crippen molar-refractivity contribution >= 4 is 5.69 Å². The second kappa shape index (κ2) is 4.88. The summed E-state index contributed by atoms with van der Waals surface area (Å²) in [7, 11) is 0. The maximum atomic E-state index is 13.3. The normalized spacial score (nSPS) is 14.9. The number of rotatable bonds is 2. The highest BCUT2D eigenvalue weighted by atomic mass is 19.1. The second-order valence-electron chi connectivity index (χ2n) is 4.81. The van der Waals surface area contributed by atoms with Crippen LogP contribution in [-0.4, -0.2) is 18.1 Å². The summed E-state index contributed by atoms with van der Waals surface area (Å²) in [5.41, 5.74) is 2.08. The van der Waals surface area contributed by atoms with Crippen LogP contribution in [0.25, 0.3) is 11.1 Å². The first-order chi connectivity index (χ1) is 9.24. The molecule has 0 atom stereocenters. The van der Waals surface area contributed by atoms with Crippen LogP contribution in [0, 0.1) is 5.82 Å². The lowest BCUT2D eigenvalue weighted by molar-refractivity contribution is 0.609. The van der Waals surface area contributed by atoms with Gasteiger partial charge in [0.2, 0.25) is 0 Å². The molecule has 1 aromatic heterocycles. The number of nitrogens with one attached hydrogen (secondary N) is 1. The summed E-state index contributed by atoms with van der Waals surface area (Å²) in [6.45, 7) is 2.15. The predicted molar refractivity (Wildman–Crippen MR) is 73.9 cm³/mol. The Kier molecular flexibility index (Phi) is 3.07. The van der Waals surface area contributed by atoms with E-state index in [4.69, 9.17) is 0 Å². The minimum absolute atomic E-state index is 0.681. The fraction of sp³-hybridized carbons (Fsp3) is 0.267. The van der Waals surface area contributed by atoms with E-state index < -0.39 is 11.4 Å². The molecule has 98 valence electrons. The maximum Gasteiger partial charge on any atom is 0.283 e. The van der Waals surface area contributed by atoms with Crippen molar-refractivity contribution in [2.45, 2.75) is 12.8 Å². The smallest absolute Gasteiger partial charge is 0.283 e. The second-order valence-corrected chi connectivity index (χ2v) is 4.81. The Bertz CT molecular complexity index is 645. The Morgan fingerprint density at radius 2 is 1.89 bits per heavy atom. The molecule has 0 amide bonds. The van der Waals surface area contributed by atoms with Gasteiger partial charge in [0.1, 0.15) is 0 Å². The van der Waals surface area contributed by atoms with Crippen LogP contribution in [0.5, 0.6) is 0 Å². The van der Waals surface area contributed by atoms with E-state index in [1.165, 1.54) is 18.9 Å². The number of halogens is 1. The van der Waals surface area contributed by atoms with Crippen LogP contribution >= 0.6 is 0 Å². The van der Waals surface area contributed by atoms with E-state index >= 15 is 0 Å². The van der Waals surface area contributed by atoms with Gasteiger partial charge in [-0.25, -0.2) is 4.39 Å². The predicted octanol–water partition coefficient (Wildman–Crippen LogP) is 2.78. The Hall–Kier alpha value is -2.10. The molecule has 1 aliphatic heterocycles. The van der Waals surface area contributed by atoms with Crippen molar-refractivity contribution in [1.29, 1.82) is 0 Å². The van der Waals surface area contributed by atoms with Crippen molar-refractivity contribution in [3.05, 3.63) is 52.7 Å². The molecule has 0 radical (unpaired) electrons. The molecular formula is C15H15FN2O. The Morgan fingerprint density at radius 1 is 1.11 bits per heavy atom. The van der Waals surface area contributed by atoms with Gasteiger partial charge in [-0.2, -0.15) is 0 Å². The summed E-state index contributed by atoms with van der Waals surface area (Å²) in [6.07, 6.45) is 3.99. The summed E-state index contributed by atoms with van der Waals surface area (Å²) < 4.78 is 13.3. The van der Waals surface area contributed by atoms with Gasteiger partial charge >= 0.3 is 0 Å². The number of anilines is 1. The minimum atomic E-state index is -0.746. The fourth-order valence-electron chi connectivity index (χ4n) is 2.48. The number of H-pyrrole nitrogens is 1. The molecule has 1 N–H and O–H groups in total. The van der Waals surface area contributed by atoms with Gasteiger partial charge in [-0.3, -0.25) is 4.79 Å². The maximum absolute atomic E-state index is 13.3. The van der Waals surface area contributed by atoms with Gasteiger partial charge in [-0.05, 0) is 36.6 Å². The minimum Gasteiger partial charge on any atom is -0.372 e. The SMILES string of the molecule is O=c1[nH]cc(-c2cccc(N3CCCC3)c2)cc1F. The van der Waals surface area contributed by atoms with Crippen molar-refractivity contribution in [3.8, 4) is 11.1 Å². The molecule has 1 fully saturated rings. The molecule has 1 aromatic carbocycles. The van der Waals surface area contributed by atoms with Gasteiger partial charge < -0.3 is 9.88 Å². The van der Waals surface area contributed by atoms with Gasteiger partial charge in [-0.15, -0.1) is 0 Å². The third-order valence-electron chi connectivity index (χ3n) is 3.51. The summed E-state index contributed by atoms with van der Waals surface area (Å²) in [6, 6.07) is 9.27. The molecule has 0 unspecified atom stereocenters. The first-order valence-corrected chi connectivity index (χ1v) is 6.48. The first kappa shape index (κ1) is 12.0. The van der Waals surface area contributed by atoms with Gasteiger partial charge in [0.15, 0.2) is 5.82 Å². The molecule has 1 saturated heterocycles. The third-order valence-corrected chi connectivity index (χ3v) is 3.51. The van der Waals surface area contributed by atoms with E-state index in [9.17, 15) is 9.18 Å². The Balaban J connectivity index is 1.98. The molecule has 19 heavy (non-hydrogen) atoms. The number of nitrogens with zero attached hydrogens (tertiary/aromatic N) is 1. The lowest BCUT2D eigenvalue weighted by atomic mass is 10.1. The molecule has 4 heteroatoms. The van der Waals surface area contributed by atoms with Crippen LogP contribution in [0.4, 0.5) is 10.1 Å². The number of aromatic amines is 1. The molecule has 1 aliphatic rings. The van der Waals surface area contributed by atoms with Gasteiger partial charge in [0.05, 0.1) is 0 Å². The van der Waals surface area contributed by atoms with Crippen LogP contribution in [0.15, 0.2) is 41.3 Å². The van der Waals surface area contributed by atoms with Gasteiger partial charge in [0.25, 0.3) is 5.56 Å². The topological polar surface area (TPSA) is 36.1 Å². The molecular weight excluding hydrogens is 243 g/mol. The van der Waals surface area contributed by atoms with Gasteiger partial charge in [0, 0.05) is 30.5 Å². The highest BCUT2D eigenvalue weighted by Crippen LogP contribution is 2.26. The summed E-state index contributed by atoms with van der Waals surface area (Å²) in [5, 5.41) is 0. The van der Waals surface area contributed by atoms with E-state index in [0.717, 1.165) is 24.3 Å². The molecule has 3 rings (SSSR count). The van der Waals surface area contributed by atoms with Crippen LogP contribution in [-0.2, 0) is 0 Å². The summed E-state index contributed by atoms with van der Waals surface area (Å²) in [5.74, 6) is -0.746. The quantitative estimate of drug-likeness (QED) is 0.899. The lowest BCUT2D eigenvalue weighted by Crippen LogP contribution is -2.17. The first-order valence-electron chi connectivity index (χ1n) is 6.48. The number of pyridine rings is 1. The standard InChI is InChI=1S/C15H15FN2O/c16-14-9-12(10-17-15(14)19)11-4-3-5-13(8-11)18-6-1-2-7-18/h3-5,8-10H,1-2,6-7H2,(H,17,19). The van der Waals surface area contributed by atoms with Crippen molar-refractivity contribution in [2.24, 2.45) is 0 Å². The molecule has 2 heterocycles.